The lowest BCUT2D eigenvalue weighted by Gasteiger charge is -2.42. The van der Waals surface area contributed by atoms with Crippen molar-refractivity contribution in [1.29, 1.82) is 0 Å². The highest BCUT2D eigenvalue weighted by atomic mass is 31.2. The van der Waals surface area contributed by atoms with Crippen LogP contribution in [0.4, 0.5) is 4.79 Å². The minimum Gasteiger partial charge on any atom is -0.431 e. The second-order valence-corrected chi connectivity index (χ2v) is 14.6. The second-order valence-electron chi connectivity index (χ2n) is 13.1. The van der Waals surface area contributed by atoms with E-state index in [4.69, 9.17) is 28.2 Å². The van der Waals surface area contributed by atoms with E-state index in [-0.39, 0.29) is 44.9 Å². The van der Waals surface area contributed by atoms with Crippen molar-refractivity contribution < 1.29 is 71.9 Å². The normalized spacial score (nSPS) is 27.2. The molecule has 2 unspecified atom stereocenters. The molecule has 2 aromatic rings. The number of nitrogens with zero attached hydrogens (tertiary/aromatic N) is 1. The van der Waals surface area contributed by atoms with Crippen LogP contribution in [0.1, 0.15) is 50.8 Å². The lowest BCUT2D eigenvalue weighted by Crippen LogP contribution is -2.64. The SMILES string of the molecule is COP(=O)(O)OC1[C@@H](COC(=O)OCc2ccccc2)O[C@@H](n2ccc(=O)[nH]c2=O)[C@H]1CCCNC(=O)CCCCO[C@@H]1O[C@H](CO)[C@H](O)[C@H](O)[C@H]1NC(C)=O. The Morgan fingerprint density at radius 3 is 2.43 bits per heavy atom. The van der Waals surface area contributed by atoms with Gasteiger partial charge in [0.15, 0.2) is 6.29 Å². The number of carbonyl (C=O) groups excluding carboxylic acids is 3. The molecule has 21 nitrogen and oxygen atoms in total. The van der Waals surface area contributed by atoms with E-state index >= 15 is 0 Å². The number of aromatic nitrogens is 2. The molecule has 2 saturated heterocycles. The second kappa shape index (κ2) is 21.5. The van der Waals surface area contributed by atoms with Crippen molar-refractivity contribution in [2.45, 2.75) is 94.7 Å². The molecule has 1 aromatic heterocycles. The molecule has 1 aromatic carbocycles. The molecule has 312 valence electrons. The number of carbonyl (C=O) groups is 3. The molecule has 0 aliphatic carbocycles. The summed E-state index contributed by atoms with van der Waals surface area (Å²) in [5, 5.41) is 35.3. The molecule has 56 heavy (non-hydrogen) atoms. The highest BCUT2D eigenvalue weighted by molar-refractivity contribution is 7.47. The Bertz CT molecular complexity index is 1740. The molecule has 0 bridgehead atoms. The molecule has 0 radical (unpaired) electrons. The van der Waals surface area contributed by atoms with Crippen LogP contribution in [0.5, 0.6) is 0 Å². The number of hydrogen-bond donors (Lipinski definition) is 7. The molecule has 2 fully saturated rings. The van der Waals surface area contributed by atoms with Crippen molar-refractivity contribution in [1.82, 2.24) is 20.2 Å². The standard InChI is InChI=1S/C34H49N4O17P/c1-20(40)36-27-29(44)28(43)23(17-39)54-32(27)50-16-7-6-12-25(41)35-14-8-11-22-30(55-56(47,48)49-2)24(53-31(22)38-15-13-26(42)37-33(38)45)19-52-34(46)51-18-21-9-4-3-5-10-21/h3-5,9-10,13,15,22-24,27-32,39,43-44H,6-8,11-12,14,16-19H2,1-2H3,(H,35,41)(H,36,40)(H,47,48)(H,37,42,45)/t22-,23+,24+,27+,28-,29+,30?,31+,32+/m0/s1. The number of phosphoric acid groups is 1. The summed E-state index contributed by atoms with van der Waals surface area (Å²) in [6.07, 6.45) is -7.49. The quantitative estimate of drug-likeness (QED) is 0.0507. The Labute approximate surface area is 320 Å². The lowest BCUT2D eigenvalue weighted by molar-refractivity contribution is -0.270. The Morgan fingerprint density at radius 1 is 1.00 bits per heavy atom. The zero-order valence-corrected chi connectivity index (χ0v) is 31.7. The predicted molar refractivity (Wildman–Crippen MR) is 190 cm³/mol. The third-order valence-electron chi connectivity index (χ3n) is 9.01. The first kappa shape index (κ1) is 44.7. The number of phosphoric ester groups is 1. The molecule has 2 aliphatic heterocycles. The summed E-state index contributed by atoms with van der Waals surface area (Å²) in [7, 11) is -3.72. The van der Waals surface area contributed by atoms with Crippen molar-refractivity contribution in [2.75, 3.05) is 33.5 Å². The number of unbranched alkanes of at least 4 members (excludes halogenated alkanes) is 1. The van der Waals surface area contributed by atoms with Crippen molar-refractivity contribution in [2.24, 2.45) is 5.92 Å². The Hall–Kier alpha value is -4.02. The van der Waals surface area contributed by atoms with Crippen molar-refractivity contribution in [3.8, 4) is 0 Å². The fourth-order valence-corrected chi connectivity index (χ4v) is 6.93. The summed E-state index contributed by atoms with van der Waals surface area (Å²) in [6.45, 7) is 0.235. The summed E-state index contributed by atoms with van der Waals surface area (Å²) in [6, 6.07) is 8.81. The largest absolute Gasteiger partial charge is 0.508 e. The number of hydrogen-bond acceptors (Lipinski definition) is 16. The molecule has 0 spiro atoms. The first-order valence-corrected chi connectivity index (χ1v) is 19.4. The van der Waals surface area contributed by atoms with E-state index in [0.29, 0.717) is 18.4 Å². The predicted octanol–water partition coefficient (Wildman–Crippen LogP) is -0.437. The number of aromatic amines is 1. The Balaban J connectivity index is 1.32. The minimum absolute atomic E-state index is 0.0649. The van der Waals surface area contributed by atoms with Crippen LogP contribution in [-0.4, -0.2) is 124 Å². The fourth-order valence-electron chi connectivity index (χ4n) is 6.24. The van der Waals surface area contributed by atoms with Crippen molar-refractivity contribution in [3.05, 3.63) is 69.0 Å². The van der Waals surface area contributed by atoms with Crippen LogP contribution in [0.25, 0.3) is 0 Å². The molecule has 3 heterocycles. The van der Waals surface area contributed by atoms with E-state index in [1.807, 2.05) is 0 Å². The topological polar surface area (TPSA) is 293 Å². The van der Waals surface area contributed by atoms with Crippen LogP contribution < -0.4 is 21.9 Å². The van der Waals surface area contributed by atoms with Gasteiger partial charge in [0.05, 0.1) is 6.61 Å². The Kier molecular flexibility index (Phi) is 17.2. The number of benzene rings is 1. The first-order valence-electron chi connectivity index (χ1n) is 17.9. The van der Waals surface area contributed by atoms with Gasteiger partial charge in [-0.3, -0.25) is 33.0 Å². The van der Waals surface area contributed by atoms with Gasteiger partial charge in [0, 0.05) is 51.8 Å². The van der Waals surface area contributed by atoms with Crippen LogP contribution in [-0.2, 0) is 53.5 Å². The lowest BCUT2D eigenvalue weighted by atomic mass is 9.94. The minimum atomic E-state index is -4.68. The molecule has 7 N–H and O–H groups in total. The van der Waals surface area contributed by atoms with E-state index in [1.165, 1.54) is 13.1 Å². The van der Waals surface area contributed by atoms with Gasteiger partial charge in [-0.15, -0.1) is 0 Å². The van der Waals surface area contributed by atoms with Crippen LogP contribution in [0.2, 0.25) is 0 Å². The van der Waals surface area contributed by atoms with E-state index in [1.54, 1.807) is 30.3 Å². The number of H-pyrrole nitrogens is 1. The fraction of sp³-hybridized carbons (Fsp3) is 0.618. The molecular formula is C34H49N4O17P. The van der Waals surface area contributed by atoms with E-state index in [9.17, 15) is 48.8 Å². The summed E-state index contributed by atoms with van der Waals surface area (Å²) < 4.78 is 51.5. The van der Waals surface area contributed by atoms with E-state index < -0.39 is 99.3 Å². The van der Waals surface area contributed by atoms with Gasteiger partial charge >= 0.3 is 19.7 Å². The average Bonchev–Trinajstić information content (AvgIpc) is 3.49. The van der Waals surface area contributed by atoms with Crippen LogP contribution in [0, 0.1) is 5.92 Å². The smallest absolute Gasteiger partial charge is 0.431 e. The zero-order chi connectivity index (χ0) is 40.8. The third-order valence-corrected chi connectivity index (χ3v) is 9.98. The van der Waals surface area contributed by atoms with E-state index in [2.05, 4.69) is 20.1 Å². The van der Waals surface area contributed by atoms with Gasteiger partial charge in [0.1, 0.15) is 56.0 Å². The average molecular weight is 817 g/mol. The Morgan fingerprint density at radius 2 is 1.75 bits per heavy atom. The van der Waals surface area contributed by atoms with Crippen LogP contribution in [0.15, 0.2) is 52.2 Å². The van der Waals surface area contributed by atoms with Gasteiger partial charge in [-0.05, 0) is 31.2 Å². The maximum absolute atomic E-state index is 12.8. The molecule has 10 atom stereocenters. The molecular weight excluding hydrogens is 767 g/mol. The summed E-state index contributed by atoms with van der Waals surface area (Å²) in [4.78, 5) is 73.7. The number of ether oxygens (including phenoxy) is 5. The zero-order valence-electron chi connectivity index (χ0n) is 30.8. The van der Waals surface area contributed by atoms with Gasteiger partial charge in [-0.2, -0.15) is 0 Å². The van der Waals surface area contributed by atoms with Crippen LogP contribution >= 0.6 is 7.82 Å². The highest BCUT2D eigenvalue weighted by Crippen LogP contribution is 2.50. The van der Waals surface area contributed by atoms with Gasteiger partial charge in [-0.25, -0.2) is 14.2 Å². The van der Waals surface area contributed by atoms with E-state index in [0.717, 1.165) is 17.7 Å². The molecule has 22 heteroatoms. The number of amides is 2. The monoisotopic (exact) mass is 816 g/mol. The van der Waals surface area contributed by atoms with Crippen LogP contribution in [0.3, 0.4) is 0 Å². The summed E-state index contributed by atoms with van der Waals surface area (Å²) in [5.41, 5.74) is -0.811. The number of nitrogens with one attached hydrogen (secondary N) is 3. The number of aliphatic hydroxyl groups excluding tert-OH is 3. The third kappa shape index (κ3) is 13.0. The van der Waals surface area contributed by atoms with Crippen molar-refractivity contribution in [3.63, 3.8) is 0 Å². The first-order chi connectivity index (χ1) is 26.7. The summed E-state index contributed by atoms with van der Waals surface area (Å²) >= 11 is 0. The molecule has 2 aliphatic rings. The summed E-state index contributed by atoms with van der Waals surface area (Å²) in [5.74, 6) is -1.67. The maximum Gasteiger partial charge on any atom is 0.508 e. The molecule has 2 amide bonds. The highest BCUT2D eigenvalue weighted by Gasteiger charge is 2.50. The molecule has 4 rings (SSSR count). The number of aliphatic hydroxyl groups is 3. The maximum atomic E-state index is 12.8. The molecule has 0 saturated carbocycles. The van der Waals surface area contributed by atoms with Crippen molar-refractivity contribution >= 4 is 25.8 Å². The van der Waals surface area contributed by atoms with Gasteiger partial charge in [0.25, 0.3) is 5.56 Å². The van der Waals surface area contributed by atoms with Gasteiger partial charge in [-0.1, -0.05) is 30.3 Å². The number of rotatable bonds is 20. The van der Waals surface area contributed by atoms with Gasteiger partial charge < -0.3 is 54.5 Å². The van der Waals surface area contributed by atoms with Gasteiger partial charge in [0.2, 0.25) is 11.8 Å².